The molecule has 21 heavy (non-hydrogen) atoms. The predicted molar refractivity (Wildman–Crippen MR) is 84.6 cm³/mol. The molecule has 4 nitrogen and oxygen atoms in total. The Hall–Kier alpha value is -2.33. The molecule has 0 fully saturated rings. The molecule has 0 saturated heterocycles. The highest BCUT2D eigenvalue weighted by Crippen LogP contribution is 2.23. The molecule has 2 aromatic rings. The highest BCUT2D eigenvalue weighted by atomic mass is 16.3. The summed E-state index contributed by atoms with van der Waals surface area (Å²) in [6, 6.07) is 12.8. The van der Waals surface area contributed by atoms with Crippen LogP contribution in [0.4, 0.5) is 5.69 Å². The van der Waals surface area contributed by atoms with Crippen molar-refractivity contribution >= 4 is 11.6 Å². The molecule has 0 unspecified atom stereocenters. The first-order valence-electron chi connectivity index (χ1n) is 7.02. The van der Waals surface area contributed by atoms with E-state index < -0.39 is 0 Å². The van der Waals surface area contributed by atoms with Crippen LogP contribution in [-0.4, -0.2) is 17.6 Å². The van der Waals surface area contributed by atoms with Crippen molar-refractivity contribution in [2.75, 3.05) is 11.9 Å². The van der Waals surface area contributed by atoms with Gasteiger partial charge < -0.3 is 15.7 Å². The molecule has 0 aliphatic heterocycles. The maximum atomic E-state index is 12.3. The first-order valence-corrected chi connectivity index (χ1v) is 7.02. The molecular weight excluding hydrogens is 264 g/mol. The first-order chi connectivity index (χ1) is 10.1. The van der Waals surface area contributed by atoms with Gasteiger partial charge in [-0.3, -0.25) is 4.79 Å². The van der Waals surface area contributed by atoms with E-state index in [-0.39, 0.29) is 17.2 Å². The molecular formula is C17H20N2O2. The molecule has 0 heterocycles. The van der Waals surface area contributed by atoms with Crippen molar-refractivity contribution in [3.63, 3.8) is 0 Å². The minimum absolute atomic E-state index is 0.0270. The quantitative estimate of drug-likeness (QED) is 0.790. The number of amides is 1. The van der Waals surface area contributed by atoms with E-state index in [0.29, 0.717) is 12.1 Å². The van der Waals surface area contributed by atoms with Gasteiger partial charge in [0.15, 0.2) is 0 Å². The maximum absolute atomic E-state index is 12.3. The van der Waals surface area contributed by atoms with Crippen LogP contribution in [0.2, 0.25) is 0 Å². The van der Waals surface area contributed by atoms with Crippen LogP contribution in [0.25, 0.3) is 0 Å². The van der Waals surface area contributed by atoms with Gasteiger partial charge in [-0.25, -0.2) is 0 Å². The molecule has 2 aromatic carbocycles. The Labute approximate surface area is 124 Å². The number of para-hydroxylation sites is 2. The van der Waals surface area contributed by atoms with Gasteiger partial charge in [-0.1, -0.05) is 37.3 Å². The van der Waals surface area contributed by atoms with Crippen LogP contribution in [0.1, 0.15) is 28.4 Å². The first kappa shape index (κ1) is 15.1. The van der Waals surface area contributed by atoms with Crippen molar-refractivity contribution in [1.29, 1.82) is 0 Å². The van der Waals surface area contributed by atoms with Gasteiger partial charge >= 0.3 is 0 Å². The van der Waals surface area contributed by atoms with Gasteiger partial charge in [-0.05, 0) is 36.7 Å². The van der Waals surface area contributed by atoms with Gasteiger partial charge in [0, 0.05) is 12.2 Å². The van der Waals surface area contributed by atoms with Crippen LogP contribution in [0, 0.1) is 6.92 Å². The maximum Gasteiger partial charge on any atom is 0.259 e. The van der Waals surface area contributed by atoms with Gasteiger partial charge in [0.05, 0.1) is 5.56 Å². The lowest BCUT2D eigenvalue weighted by molar-refractivity contribution is 0.102. The smallest absolute Gasteiger partial charge is 0.259 e. The third kappa shape index (κ3) is 3.61. The summed E-state index contributed by atoms with van der Waals surface area (Å²) in [5.41, 5.74) is 2.74. The molecule has 3 N–H and O–H groups in total. The Morgan fingerprint density at radius 3 is 2.67 bits per heavy atom. The Morgan fingerprint density at radius 2 is 1.90 bits per heavy atom. The molecule has 0 saturated carbocycles. The summed E-state index contributed by atoms with van der Waals surface area (Å²) in [7, 11) is 0. The van der Waals surface area contributed by atoms with Gasteiger partial charge in [0.1, 0.15) is 5.75 Å². The molecule has 1 amide bonds. The van der Waals surface area contributed by atoms with E-state index in [0.717, 1.165) is 17.8 Å². The average Bonchev–Trinajstić information content (AvgIpc) is 2.49. The molecule has 0 spiro atoms. The summed E-state index contributed by atoms with van der Waals surface area (Å²) < 4.78 is 0. The van der Waals surface area contributed by atoms with Gasteiger partial charge in [0.2, 0.25) is 0 Å². The SMILES string of the molecule is CCNCc1ccccc1NC(=O)c1cccc(C)c1O. The zero-order valence-electron chi connectivity index (χ0n) is 12.3. The summed E-state index contributed by atoms with van der Waals surface area (Å²) in [5.74, 6) is -0.278. The van der Waals surface area contributed by atoms with E-state index in [9.17, 15) is 9.90 Å². The number of rotatable bonds is 5. The Morgan fingerprint density at radius 1 is 1.14 bits per heavy atom. The minimum atomic E-state index is -0.305. The monoisotopic (exact) mass is 284 g/mol. The van der Waals surface area contributed by atoms with Crippen molar-refractivity contribution in [3.05, 3.63) is 59.2 Å². The number of aryl methyl sites for hydroxylation is 1. The Bertz CT molecular complexity index is 638. The molecule has 4 heteroatoms. The third-order valence-electron chi connectivity index (χ3n) is 3.31. The summed E-state index contributed by atoms with van der Waals surface area (Å²) in [6.45, 7) is 5.35. The lowest BCUT2D eigenvalue weighted by Crippen LogP contribution is -2.17. The zero-order chi connectivity index (χ0) is 15.2. The van der Waals surface area contributed by atoms with Crippen molar-refractivity contribution < 1.29 is 9.90 Å². The van der Waals surface area contributed by atoms with Crippen molar-refractivity contribution in [3.8, 4) is 5.75 Å². The molecule has 0 aromatic heterocycles. The number of hydrogen-bond donors (Lipinski definition) is 3. The van der Waals surface area contributed by atoms with Crippen molar-refractivity contribution in [2.45, 2.75) is 20.4 Å². The standard InChI is InChI=1S/C17H20N2O2/c1-3-18-11-13-8-4-5-10-15(13)19-17(21)14-9-6-7-12(2)16(14)20/h4-10,18,20H,3,11H2,1-2H3,(H,19,21). The molecule has 110 valence electrons. The Balaban J connectivity index is 2.22. The topological polar surface area (TPSA) is 61.4 Å². The zero-order valence-corrected chi connectivity index (χ0v) is 12.3. The van der Waals surface area contributed by atoms with Crippen LogP contribution in [0.15, 0.2) is 42.5 Å². The second kappa shape index (κ2) is 6.90. The van der Waals surface area contributed by atoms with E-state index in [4.69, 9.17) is 0 Å². The average molecular weight is 284 g/mol. The fourth-order valence-electron chi connectivity index (χ4n) is 2.09. The number of aromatic hydroxyl groups is 1. The summed E-state index contributed by atoms with van der Waals surface area (Å²) in [5, 5.41) is 16.1. The second-order valence-electron chi connectivity index (χ2n) is 4.86. The van der Waals surface area contributed by atoms with Crippen molar-refractivity contribution in [2.24, 2.45) is 0 Å². The Kier molecular flexibility index (Phi) is 4.95. The molecule has 0 aliphatic carbocycles. The van der Waals surface area contributed by atoms with E-state index >= 15 is 0 Å². The summed E-state index contributed by atoms with van der Waals surface area (Å²) >= 11 is 0. The lowest BCUT2D eigenvalue weighted by atomic mass is 10.1. The summed E-state index contributed by atoms with van der Waals surface area (Å²) in [6.07, 6.45) is 0. The third-order valence-corrected chi connectivity index (χ3v) is 3.31. The fraction of sp³-hybridized carbons (Fsp3) is 0.235. The fourth-order valence-corrected chi connectivity index (χ4v) is 2.09. The summed E-state index contributed by atoms with van der Waals surface area (Å²) in [4.78, 5) is 12.3. The molecule has 0 radical (unpaired) electrons. The molecule has 0 aliphatic rings. The number of carbonyl (C=O) groups excluding carboxylic acids is 1. The van der Waals surface area contributed by atoms with Gasteiger partial charge in [-0.2, -0.15) is 0 Å². The lowest BCUT2D eigenvalue weighted by Gasteiger charge is -2.12. The van der Waals surface area contributed by atoms with Crippen LogP contribution >= 0.6 is 0 Å². The second-order valence-corrected chi connectivity index (χ2v) is 4.86. The van der Waals surface area contributed by atoms with Crippen LogP contribution < -0.4 is 10.6 Å². The highest BCUT2D eigenvalue weighted by Gasteiger charge is 2.13. The van der Waals surface area contributed by atoms with Crippen LogP contribution in [0.3, 0.4) is 0 Å². The number of benzene rings is 2. The van der Waals surface area contributed by atoms with Crippen LogP contribution in [0.5, 0.6) is 5.75 Å². The molecule has 0 bridgehead atoms. The minimum Gasteiger partial charge on any atom is -0.507 e. The predicted octanol–water partition coefficient (Wildman–Crippen LogP) is 3.06. The van der Waals surface area contributed by atoms with Gasteiger partial charge in [0.25, 0.3) is 5.91 Å². The van der Waals surface area contributed by atoms with Gasteiger partial charge in [-0.15, -0.1) is 0 Å². The van der Waals surface area contributed by atoms with E-state index in [1.54, 1.807) is 25.1 Å². The normalized spacial score (nSPS) is 10.4. The molecule has 0 atom stereocenters. The van der Waals surface area contributed by atoms with Crippen LogP contribution in [-0.2, 0) is 6.54 Å². The number of phenolic OH excluding ortho intramolecular Hbond substituents is 1. The van der Waals surface area contributed by atoms with Crippen molar-refractivity contribution in [1.82, 2.24) is 5.32 Å². The number of carbonyl (C=O) groups is 1. The largest absolute Gasteiger partial charge is 0.507 e. The molecule has 2 rings (SSSR count). The van der Waals surface area contributed by atoms with E-state index in [1.165, 1.54) is 0 Å². The number of nitrogens with one attached hydrogen (secondary N) is 2. The highest BCUT2D eigenvalue weighted by molar-refractivity contribution is 6.06. The number of hydrogen-bond acceptors (Lipinski definition) is 3. The number of phenols is 1. The number of anilines is 1. The van der Waals surface area contributed by atoms with E-state index in [1.807, 2.05) is 31.2 Å². The van der Waals surface area contributed by atoms with E-state index in [2.05, 4.69) is 10.6 Å².